The Morgan fingerprint density at radius 1 is 1.35 bits per heavy atom. The number of pyridine rings is 1. The van der Waals surface area contributed by atoms with Gasteiger partial charge in [-0.3, -0.25) is 9.78 Å². The van der Waals surface area contributed by atoms with Gasteiger partial charge in [-0.15, -0.1) is 0 Å². The highest BCUT2D eigenvalue weighted by atomic mass is 16.5. The highest BCUT2D eigenvalue weighted by Crippen LogP contribution is 2.61. The molecule has 1 N–H and O–H groups in total. The van der Waals surface area contributed by atoms with Crippen LogP contribution in [0.25, 0.3) is 0 Å². The van der Waals surface area contributed by atoms with Crippen LogP contribution in [-0.2, 0) is 16.1 Å². The minimum atomic E-state index is -0.177. The van der Waals surface area contributed by atoms with Crippen molar-refractivity contribution in [3.8, 4) is 0 Å². The predicted octanol–water partition coefficient (Wildman–Crippen LogP) is 3.17. The molecule has 0 atom stereocenters. The summed E-state index contributed by atoms with van der Waals surface area (Å²) >= 11 is 0. The second-order valence-corrected chi connectivity index (χ2v) is 7.90. The SMILES string of the molecule is COC(=O)C12CCC(CNCc3cnccc3C3CC3)(CC1)C2. The Labute approximate surface area is 138 Å². The van der Waals surface area contributed by atoms with Gasteiger partial charge in [0, 0.05) is 25.5 Å². The minimum absolute atomic E-state index is 0.0140. The number of ether oxygens (including phenoxy) is 1. The molecule has 1 aromatic heterocycles. The van der Waals surface area contributed by atoms with Crippen molar-refractivity contribution in [2.45, 2.75) is 57.4 Å². The van der Waals surface area contributed by atoms with Crippen LogP contribution in [0.4, 0.5) is 0 Å². The Bertz CT molecular complexity index is 601. The van der Waals surface area contributed by atoms with E-state index in [1.54, 1.807) is 0 Å². The third kappa shape index (κ3) is 2.67. The van der Waals surface area contributed by atoms with E-state index in [2.05, 4.69) is 16.4 Å². The number of hydrogen-bond donors (Lipinski definition) is 1. The zero-order valence-electron chi connectivity index (χ0n) is 13.9. The van der Waals surface area contributed by atoms with E-state index < -0.39 is 0 Å². The maximum atomic E-state index is 12.1. The fraction of sp³-hybridized carbons (Fsp3) is 0.684. The summed E-state index contributed by atoms with van der Waals surface area (Å²) in [6.45, 7) is 1.90. The summed E-state index contributed by atoms with van der Waals surface area (Å²) in [5, 5.41) is 3.67. The first kappa shape index (κ1) is 15.1. The quantitative estimate of drug-likeness (QED) is 0.819. The van der Waals surface area contributed by atoms with Gasteiger partial charge in [0.05, 0.1) is 12.5 Å². The van der Waals surface area contributed by atoms with Crippen LogP contribution in [0.15, 0.2) is 18.5 Å². The largest absolute Gasteiger partial charge is 0.469 e. The van der Waals surface area contributed by atoms with E-state index in [0.29, 0.717) is 5.41 Å². The first-order chi connectivity index (χ1) is 11.2. The lowest BCUT2D eigenvalue weighted by molar-refractivity contribution is -0.152. The maximum absolute atomic E-state index is 12.1. The van der Waals surface area contributed by atoms with Gasteiger partial charge in [-0.1, -0.05) is 0 Å². The van der Waals surface area contributed by atoms with Crippen molar-refractivity contribution >= 4 is 5.97 Å². The Morgan fingerprint density at radius 3 is 2.83 bits per heavy atom. The second kappa shape index (κ2) is 5.59. The average molecular weight is 314 g/mol. The molecule has 4 rings (SSSR count). The molecule has 0 radical (unpaired) electrons. The van der Waals surface area contributed by atoms with Crippen molar-refractivity contribution in [2.75, 3.05) is 13.7 Å². The number of nitrogens with zero attached hydrogens (tertiary/aromatic N) is 1. The van der Waals surface area contributed by atoms with Gasteiger partial charge in [0.2, 0.25) is 0 Å². The molecule has 3 saturated carbocycles. The van der Waals surface area contributed by atoms with E-state index in [4.69, 9.17) is 4.74 Å². The summed E-state index contributed by atoms with van der Waals surface area (Å²) in [6, 6.07) is 2.18. The number of nitrogens with one attached hydrogen (secondary N) is 1. The van der Waals surface area contributed by atoms with Crippen molar-refractivity contribution < 1.29 is 9.53 Å². The van der Waals surface area contributed by atoms with Crippen molar-refractivity contribution in [2.24, 2.45) is 10.8 Å². The first-order valence-corrected chi connectivity index (χ1v) is 8.88. The van der Waals surface area contributed by atoms with Crippen LogP contribution in [0.3, 0.4) is 0 Å². The standard InChI is InChI=1S/C19H26N2O2/c1-23-17(22)19-7-5-18(12-19,6-8-19)13-21-11-15-10-20-9-4-16(15)14-2-3-14/h4,9-10,14,21H,2-3,5-8,11-13H2,1H3. The fourth-order valence-electron chi connectivity index (χ4n) is 4.90. The molecule has 1 heterocycles. The molecule has 2 bridgehead atoms. The van der Waals surface area contributed by atoms with Crippen molar-refractivity contribution in [1.29, 1.82) is 0 Å². The van der Waals surface area contributed by atoms with Gasteiger partial charge in [-0.2, -0.15) is 0 Å². The molecular formula is C19H26N2O2. The highest BCUT2D eigenvalue weighted by Gasteiger charge is 2.58. The highest BCUT2D eigenvalue weighted by molar-refractivity contribution is 5.78. The molecule has 0 unspecified atom stereocenters. The second-order valence-electron chi connectivity index (χ2n) is 7.90. The molecule has 1 aromatic rings. The lowest BCUT2D eigenvalue weighted by Crippen LogP contribution is -2.30. The molecular weight excluding hydrogens is 288 g/mol. The molecule has 0 aliphatic heterocycles. The number of carbonyl (C=O) groups is 1. The summed E-state index contributed by atoms with van der Waals surface area (Å²) < 4.78 is 5.06. The number of esters is 1. The van der Waals surface area contributed by atoms with Gasteiger partial charge in [0.25, 0.3) is 0 Å². The number of carbonyl (C=O) groups excluding carboxylic acids is 1. The summed E-state index contributed by atoms with van der Waals surface area (Å²) in [6.07, 6.45) is 11.9. The summed E-state index contributed by atoms with van der Waals surface area (Å²) in [7, 11) is 1.52. The molecule has 0 aromatic carbocycles. The number of rotatable bonds is 6. The van der Waals surface area contributed by atoms with Crippen LogP contribution in [0, 0.1) is 10.8 Å². The molecule has 124 valence electrons. The van der Waals surface area contributed by atoms with Gasteiger partial charge < -0.3 is 10.1 Å². The van der Waals surface area contributed by atoms with E-state index in [-0.39, 0.29) is 11.4 Å². The lowest BCUT2D eigenvalue weighted by Gasteiger charge is -2.27. The third-order valence-corrected chi connectivity index (χ3v) is 6.37. The van der Waals surface area contributed by atoms with E-state index in [1.165, 1.54) is 31.1 Å². The van der Waals surface area contributed by atoms with Crippen LogP contribution in [0.2, 0.25) is 0 Å². The average Bonchev–Trinajstić information content (AvgIpc) is 3.28. The van der Waals surface area contributed by atoms with E-state index >= 15 is 0 Å². The normalized spacial score (nSPS) is 32.2. The maximum Gasteiger partial charge on any atom is 0.311 e. The van der Waals surface area contributed by atoms with Crippen LogP contribution in [0.5, 0.6) is 0 Å². The molecule has 0 spiro atoms. The molecule has 4 heteroatoms. The molecule has 0 amide bonds. The van der Waals surface area contributed by atoms with Gasteiger partial charge in [0.15, 0.2) is 0 Å². The van der Waals surface area contributed by atoms with Crippen LogP contribution >= 0.6 is 0 Å². The topological polar surface area (TPSA) is 51.2 Å². The summed E-state index contributed by atoms with van der Waals surface area (Å²) in [4.78, 5) is 16.4. The monoisotopic (exact) mass is 314 g/mol. The molecule has 23 heavy (non-hydrogen) atoms. The molecule has 3 aliphatic carbocycles. The first-order valence-electron chi connectivity index (χ1n) is 8.88. The Balaban J connectivity index is 1.37. The number of aromatic nitrogens is 1. The zero-order valence-corrected chi connectivity index (χ0v) is 13.9. The van der Waals surface area contributed by atoms with E-state index in [1.807, 2.05) is 12.4 Å². The molecule has 3 aliphatic rings. The Morgan fingerprint density at radius 2 is 2.13 bits per heavy atom. The zero-order chi connectivity index (χ0) is 15.9. The number of hydrogen-bond acceptors (Lipinski definition) is 4. The van der Waals surface area contributed by atoms with Gasteiger partial charge in [-0.05, 0) is 73.5 Å². The van der Waals surface area contributed by atoms with Gasteiger partial charge in [-0.25, -0.2) is 0 Å². The third-order valence-electron chi connectivity index (χ3n) is 6.37. The predicted molar refractivity (Wildman–Crippen MR) is 87.9 cm³/mol. The van der Waals surface area contributed by atoms with Crippen LogP contribution in [0.1, 0.15) is 62.0 Å². The van der Waals surface area contributed by atoms with Crippen LogP contribution < -0.4 is 5.32 Å². The van der Waals surface area contributed by atoms with Crippen molar-refractivity contribution in [1.82, 2.24) is 10.3 Å². The van der Waals surface area contributed by atoms with E-state index in [9.17, 15) is 4.79 Å². The molecule has 0 saturated heterocycles. The Kier molecular flexibility index (Phi) is 3.67. The lowest BCUT2D eigenvalue weighted by atomic mass is 9.82. The molecule has 4 nitrogen and oxygen atoms in total. The summed E-state index contributed by atoms with van der Waals surface area (Å²) in [5.41, 5.74) is 2.95. The van der Waals surface area contributed by atoms with Crippen molar-refractivity contribution in [3.05, 3.63) is 29.6 Å². The Hall–Kier alpha value is -1.42. The van der Waals surface area contributed by atoms with Crippen LogP contribution in [-0.4, -0.2) is 24.6 Å². The molecule has 3 fully saturated rings. The van der Waals surface area contributed by atoms with Crippen molar-refractivity contribution in [3.63, 3.8) is 0 Å². The minimum Gasteiger partial charge on any atom is -0.469 e. The summed E-state index contributed by atoms with van der Waals surface area (Å²) in [5.74, 6) is 0.776. The number of methoxy groups -OCH3 is 1. The number of fused-ring (bicyclic) bond motifs is 2. The smallest absolute Gasteiger partial charge is 0.311 e. The van der Waals surface area contributed by atoms with E-state index in [0.717, 1.165) is 51.1 Å². The van der Waals surface area contributed by atoms with Gasteiger partial charge >= 0.3 is 5.97 Å². The fourth-order valence-corrected chi connectivity index (χ4v) is 4.90. The van der Waals surface area contributed by atoms with Gasteiger partial charge in [0.1, 0.15) is 0 Å².